The second-order valence-electron chi connectivity index (χ2n) is 5.62. The highest BCUT2D eigenvalue weighted by Gasteiger charge is 2.20. The molecule has 0 bridgehead atoms. The molecule has 0 aromatic heterocycles. The molecule has 0 radical (unpaired) electrons. The fourth-order valence-electron chi connectivity index (χ4n) is 2.20. The highest BCUT2D eigenvalue weighted by Crippen LogP contribution is 2.18. The van der Waals surface area contributed by atoms with Crippen molar-refractivity contribution in [2.75, 3.05) is 11.1 Å². The summed E-state index contributed by atoms with van der Waals surface area (Å²) in [7, 11) is 0. The minimum absolute atomic E-state index is 0.266. The number of benzene rings is 2. The Labute approximate surface area is 141 Å². The maximum absolute atomic E-state index is 12.2. The van der Waals surface area contributed by atoms with Gasteiger partial charge in [-0.3, -0.25) is 4.79 Å². The molecule has 2 aromatic rings. The number of esters is 1. The molecule has 2 aromatic carbocycles. The monoisotopic (exact) mass is 326 g/mol. The zero-order valence-electron chi connectivity index (χ0n) is 14.1. The lowest BCUT2D eigenvalue weighted by Gasteiger charge is -2.15. The second kappa shape index (κ2) is 7.64. The van der Waals surface area contributed by atoms with Gasteiger partial charge in [-0.15, -0.1) is 0 Å². The minimum Gasteiger partial charge on any atom is -0.449 e. The van der Waals surface area contributed by atoms with Crippen LogP contribution in [-0.4, -0.2) is 18.0 Å². The van der Waals surface area contributed by atoms with Gasteiger partial charge in [-0.1, -0.05) is 31.2 Å². The van der Waals surface area contributed by atoms with Crippen LogP contribution in [0.4, 0.5) is 11.4 Å². The van der Waals surface area contributed by atoms with E-state index in [1.54, 1.807) is 12.1 Å². The predicted octanol–water partition coefficient (Wildman–Crippen LogP) is 3.32. The number of rotatable bonds is 5. The molecule has 1 atom stereocenters. The van der Waals surface area contributed by atoms with Gasteiger partial charge in [0.15, 0.2) is 6.10 Å². The first-order valence-corrected chi connectivity index (χ1v) is 7.88. The first kappa shape index (κ1) is 17.5. The SMILES string of the molecule is CCc1ccc(NC(=O)C(C)OC(=O)c2cccc(C)c2N)cc1. The zero-order valence-corrected chi connectivity index (χ0v) is 14.1. The average molecular weight is 326 g/mol. The van der Waals surface area contributed by atoms with Gasteiger partial charge in [-0.2, -0.15) is 0 Å². The molecule has 0 aliphatic rings. The fraction of sp³-hybridized carbons (Fsp3) is 0.263. The van der Waals surface area contributed by atoms with Gasteiger partial charge in [0, 0.05) is 11.4 Å². The normalized spacial score (nSPS) is 11.6. The summed E-state index contributed by atoms with van der Waals surface area (Å²) in [5.74, 6) is -1.00. The summed E-state index contributed by atoms with van der Waals surface area (Å²) >= 11 is 0. The number of nitrogen functional groups attached to an aromatic ring is 1. The Balaban J connectivity index is 2.00. The topological polar surface area (TPSA) is 81.4 Å². The van der Waals surface area contributed by atoms with Crippen molar-refractivity contribution in [3.63, 3.8) is 0 Å². The van der Waals surface area contributed by atoms with Crippen LogP contribution in [0.15, 0.2) is 42.5 Å². The molecule has 0 saturated carbocycles. The number of carbonyl (C=O) groups is 2. The third-order valence-corrected chi connectivity index (χ3v) is 3.83. The van der Waals surface area contributed by atoms with Crippen molar-refractivity contribution in [3.05, 3.63) is 59.2 Å². The van der Waals surface area contributed by atoms with Crippen LogP contribution in [0.1, 0.15) is 35.3 Å². The molecule has 3 N–H and O–H groups in total. The number of hydrogen-bond acceptors (Lipinski definition) is 4. The number of aryl methyl sites for hydroxylation is 2. The standard InChI is InChI=1S/C19H22N2O3/c1-4-14-8-10-15(11-9-14)21-18(22)13(3)24-19(23)16-7-5-6-12(2)17(16)20/h5-11,13H,4,20H2,1-3H3,(H,21,22). The van der Waals surface area contributed by atoms with E-state index in [4.69, 9.17) is 10.5 Å². The van der Waals surface area contributed by atoms with Crippen LogP contribution in [0, 0.1) is 6.92 Å². The fourth-order valence-corrected chi connectivity index (χ4v) is 2.20. The predicted molar refractivity (Wildman–Crippen MR) is 94.9 cm³/mol. The highest BCUT2D eigenvalue weighted by molar-refractivity contribution is 5.99. The van der Waals surface area contributed by atoms with E-state index in [0.29, 0.717) is 11.4 Å². The number of amides is 1. The summed E-state index contributed by atoms with van der Waals surface area (Å²) in [4.78, 5) is 24.4. The molecule has 0 heterocycles. The van der Waals surface area contributed by atoms with Crippen LogP contribution >= 0.6 is 0 Å². The molecule has 0 saturated heterocycles. The Morgan fingerprint density at radius 3 is 2.46 bits per heavy atom. The number of carbonyl (C=O) groups excluding carboxylic acids is 2. The lowest BCUT2D eigenvalue weighted by Crippen LogP contribution is -2.30. The summed E-state index contributed by atoms with van der Waals surface area (Å²) in [5.41, 5.74) is 9.15. The largest absolute Gasteiger partial charge is 0.449 e. The van der Waals surface area contributed by atoms with Gasteiger partial charge in [-0.25, -0.2) is 4.79 Å². The number of para-hydroxylation sites is 1. The summed E-state index contributed by atoms with van der Waals surface area (Å²) in [6, 6.07) is 12.6. The molecule has 5 heteroatoms. The van der Waals surface area contributed by atoms with E-state index in [0.717, 1.165) is 12.0 Å². The quantitative estimate of drug-likeness (QED) is 0.652. The van der Waals surface area contributed by atoms with Crippen molar-refractivity contribution in [2.24, 2.45) is 0 Å². The average Bonchev–Trinajstić information content (AvgIpc) is 2.57. The third-order valence-electron chi connectivity index (χ3n) is 3.83. The highest BCUT2D eigenvalue weighted by atomic mass is 16.5. The van der Waals surface area contributed by atoms with Gasteiger partial charge < -0.3 is 15.8 Å². The number of ether oxygens (including phenoxy) is 1. The lowest BCUT2D eigenvalue weighted by atomic mass is 10.1. The lowest BCUT2D eigenvalue weighted by molar-refractivity contribution is -0.123. The van der Waals surface area contributed by atoms with Gasteiger partial charge in [0.1, 0.15) is 0 Å². The smallest absolute Gasteiger partial charge is 0.341 e. The molecule has 0 aliphatic carbocycles. The van der Waals surface area contributed by atoms with Gasteiger partial charge in [0.25, 0.3) is 5.91 Å². The molecule has 0 fully saturated rings. The molecule has 5 nitrogen and oxygen atoms in total. The van der Waals surface area contributed by atoms with Gasteiger partial charge in [0.05, 0.1) is 5.56 Å². The van der Waals surface area contributed by atoms with Crippen molar-refractivity contribution in [2.45, 2.75) is 33.3 Å². The van der Waals surface area contributed by atoms with Crippen molar-refractivity contribution >= 4 is 23.3 Å². The molecule has 126 valence electrons. The van der Waals surface area contributed by atoms with E-state index in [2.05, 4.69) is 12.2 Å². The molecule has 0 aliphatic heterocycles. The van der Waals surface area contributed by atoms with E-state index in [-0.39, 0.29) is 11.5 Å². The van der Waals surface area contributed by atoms with Crippen molar-refractivity contribution in [1.82, 2.24) is 0 Å². The number of nitrogens with two attached hydrogens (primary N) is 1. The Morgan fingerprint density at radius 2 is 1.83 bits per heavy atom. The maximum Gasteiger partial charge on any atom is 0.341 e. The van der Waals surface area contributed by atoms with E-state index in [1.165, 1.54) is 12.5 Å². The van der Waals surface area contributed by atoms with Crippen LogP contribution in [0.25, 0.3) is 0 Å². The molecular weight excluding hydrogens is 304 g/mol. The molecular formula is C19H22N2O3. The summed E-state index contributed by atoms with van der Waals surface area (Å²) in [6.07, 6.45) is 0.00318. The van der Waals surface area contributed by atoms with E-state index >= 15 is 0 Å². The Bertz CT molecular complexity index is 739. The molecule has 24 heavy (non-hydrogen) atoms. The number of anilines is 2. The van der Waals surface area contributed by atoms with Crippen LogP contribution in [0.3, 0.4) is 0 Å². The van der Waals surface area contributed by atoms with E-state index in [1.807, 2.05) is 37.3 Å². The Morgan fingerprint density at radius 1 is 1.17 bits per heavy atom. The van der Waals surface area contributed by atoms with E-state index < -0.39 is 12.1 Å². The summed E-state index contributed by atoms with van der Waals surface area (Å²) in [6.45, 7) is 5.40. The first-order chi connectivity index (χ1) is 11.4. The zero-order chi connectivity index (χ0) is 17.7. The van der Waals surface area contributed by atoms with Crippen LogP contribution in [0.5, 0.6) is 0 Å². The number of nitrogens with one attached hydrogen (secondary N) is 1. The number of hydrogen-bond donors (Lipinski definition) is 2. The van der Waals surface area contributed by atoms with Gasteiger partial charge in [-0.05, 0) is 49.6 Å². The Hall–Kier alpha value is -2.82. The van der Waals surface area contributed by atoms with E-state index in [9.17, 15) is 9.59 Å². The summed E-state index contributed by atoms with van der Waals surface area (Å²) < 4.78 is 5.22. The van der Waals surface area contributed by atoms with Gasteiger partial charge >= 0.3 is 5.97 Å². The minimum atomic E-state index is -0.928. The molecule has 0 spiro atoms. The molecule has 1 amide bonds. The van der Waals surface area contributed by atoms with Crippen LogP contribution < -0.4 is 11.1 Å². The van der Waals surface area contributed by atoms with Crippen molar-refractivity contribution in [3.8, 4) is 0 Å². The second-order valence-corrected chi connectivity index (χ2v) is 5.62. The Kier molecular flexibility index (Phi) is 5.58. The third kappa shape index (κ3) is 4.13. The summed E-state index contributed by atoms with van der Waals surface area (Å²) in [5, 5.41) is 2.73. The molecule has 1 unspecified atom stereocenters. The van der Waals surface area contributed by atoms with Crippen molar-refractivity contribution < 1.29 is 14.3 Å². The van der Waals surface area contributed by atoms with Gasteiger partial charge in [0.2, 0.25) is 0 Å². The van der Waals surface area contributed by atoms with Crippen LogP contribution in [-0.2, 0) is 16.0 Å². The maximum atomic E-state index is 12.2. The van der Waals surface area contributed by atoms with Crippen molar-refractivity contribution in [1.29, 1.82) is 0 Å². The molecule has 2 rings (SSSR count). The van der Waals surface area contributed by atoms with Crippen LogP contribution in [0.2, 0.25) is 0 Å². The first-order valence-electron chi connectivity index (χ1n) is 7.88.